The van der Waals surface area contributed by atoms with Gasteiger partial charge in [0.2, 0.25) is 5.12 Å². The molecule has 32 heavy (non-hydrogen) atoms. The van der Waals surface area contributed by atoms with Gasteiger partial charge < -0.3 is 4.74 Å². The summed E-state index contributed by atoms with van der Waals surface area (Å²) in [5, 5.41) is -0.312. The molecule has 3 nitrogen and oxygen atoms in total. The van der Waals surface area contributed by atoms with Crippen LogP contribution in [0.1, 0.15) is 162 Å². The molecule has 0 aromatic rings. The molecule has 0 saturated carbocycles. The number of carbonyl (C=O) groups excluding carboxylic acids is 2. The monoisotopic (exact) mass is 470 g/mol. The Bertz CT molecular complexity index is 425. The molecule has 0 aliphatic carbocycles. The molecule has 0 aliphatic heterocycles. The maximum atomic E-state index is 12.1. The van der Waals surface area contributed by atoms with Gasteiger partial charge in [-0.05, 0) is 19.3 Å². The molecule has 0 spiro atoms. The van der Waals surface area contributed by atoms with Gasteiger partial charge in [0.15, 0.2) is 6.10 Å². The molecule has 0 amide bonds. The third kappa shape index (κ3) is 22.7. The summed E-state index contributed by atoms with van der Waals surface area (Å²) in [4.78, 5) is 23.8. The van der Waals surface area contributed by atoms with E-state index in [4.69, 9.17) is 4.74 Å². The molecule has 0 radical (unpaired) electrons. The van der Waals surface area contributed by atoms with Crippen LogP contribution in [-0.2, 0) is 14.3 Å². The molecule has 0 aliphatic rings. The molecular formula is C28H54O3S. The first kappa shape index (κ1) is 31.5. The maximum Gasteiger partial charge on any atom is 0.306 e. The summed E-state index contributed by atoms with van der Waals surface area (Å²) in [6.07, 6.45) is 26.8. The minimum Gasteiger partial charge on any atom is -0.453 e. The van der Waals surface area contributed by atoms with Crippen LogP contribution in [0.15, 0.2) is 0 Å². The van der Waals surface area contributed by atoms with Gasteiger partial charge in [0.05, 0.1) is 0 Å². The highest BCUT2D eigenvalue weighted by Crippen LogP contribution is 2.16. The Morgan fingerprint density at radius 1 is 0.562 bits per heavy atom. The largest absolute Gasteiger partial charge is 0.453 e. The smallest absolute Gasteiger partial charge is 0.306 e. The molecule has 190 valence electrons. The number of unbranched alkanes of at least 4 members (excludes halogenated alkanes) is 19. The van der Waals surface area contributed by atoms with E-state index in [0.717, 1.165) is 25.7 Å². The molecule has 0 aromatic heterocycles. The van der Waals surface area contributed by atoms with Crippen molar-refractivity contribution >= 4 is 23.7 Å². The normalized spacial score (nSPS) is 12.1. The zero-order chi connectivity index (χ0) is 23.7. The predicted molar refractivity (Wildman–Crippen MR) is 141 cm³/mol. The fourth-order valence-electron chi connectivity index (χ4n) is 4.20. The molecule has 0 N–H and O–H groups in total. The average Bonchev–Trinajstić information content (AvgIpc) is 2.77. The topological polar surface area (TPSA) is 43.4 Å². The Labute approximate surface area is 205 Å². The summed E-state index contributed by atoms with van der Waals surface area (Å²) in [5.41, 5.74) is 0. The van der Waals surface area contributed by atoms with Crippen molar-refractivity contribution in [2.75, 3.05) is 0 Å². The van der Waals surface area contributed by atoms with Gasteiger partial charge in [-0.3, -0.25) is 9.59 Å². The summed E-state index contributed by atoms with van der Waals surface area (Å²) in [7, 11) is 0. The maximum absolute atomic E-state index is 12.1. The van der Waals surface area contributed by atoms with Crippen molar-refractivity contribution in [3.8, 4) is 0 Å². The average molecular weight is 471 g/mol. The second kappa shape index (κ2) is 25.1. The standard InChI is InChI=1S/C28H54O3S/c1-3-5-7-9-11-13-15-17-19-21-23-25-27(29)31-26(28(30)32)24-22-20-18-16-14-12-10-8-6-4-2/h26H,3-25H2,1-2H3,(H,30,32). The van der Waals surface area contributed by atoms with Gasteiger partial charge in [0, 0.05) is 6.42 Å². The second-order valence-electron chi connectivity index (χ2n) is 9.57. The summed E-state index contributed by atoms with van der Waals surface area (Å²) in [6.45, 7) is 4.50. The van der Waals surface area contributed by atoms with Crippen LogP contribution in [0.4, 0.5) is 0 Å². The van der Waals surface area contributed by atoms with Crippen molar-refractivity contribution < 1.29 is 14.3 Å². The van der Waals surface area contributed by atoms with Gasteiger partial charge in [-0.2, -0.15) is 0 Å². The van der Waals surface area contributed by atoms with E-state index in [-0.39, 0.29) is 11.1 Å². The third-order valence-corrected chi connectivity index (χ3v) is 6.64. The minimum absolute atomic E-state index is 0.236. The molecule has 0 bridgehead atoms. The van der Waals surface area contributed by atoms with Crippen molar-refractivity contribution in [1.29, 1.82) is 0 Å². The predicted octanol–water partition coefficient (Wildman–Crippen LogP) is 9.37. The fraction of sp³-hybridized carbons (Fsp3) is 0.929. The molecular weight excluding hydrogens is 416 g/mol. The fourth-order valence-corrected chi connectivity index (χ4v) is 4.38. The van der Waals surface area contributed by atoms with Gasteiger partial charge in [0.1, 0.15) is 0 Å². The van der Waals surface area contributed by atoms with Gasteiger partial charge in [0.25, 0.3) is 0 Å². The van der Waals surface area contributed by atoms with Gasteiger partial charge >= 0.3 is 5.97 Å². The summed E-state index contributed by atoms with van der Waals surface area (Å²) < 4.78 is 5.42. The highest BCUT2D eigenvalue weighted by atomic mass is 32.1. The van der Waals surface area contributed by atoms with E-state index in [2.05, 4.69) is 26.5 Å². The van der Waals surface area contributed by atoms with Crippen LogP contribution in [0.25, 0.3) is 0 Å². The summed E-state index contributed by atoms with van der Waals surface area (Å²) in [5.74, 6) is -0.236. The molecule has 0 heterocycles. The number of ether oxygens (including phenoxy) is 1. The first-order valence-corrected chi connectivity index (χ1v) is 14.5. The zero-order valence-electron chi connectivity index (χ0n) is 21.5. The lowest BCUT2D eigenvalue weighted by Gasteiger charge is -2.14. The lowest BCUT2D eigenvalue weighted by molar-refractivity contribution is -0.153. The van der Waals surface area contributed by atoms with Gasteiger partial charge in [-0.25, -0.2) is 0 Å². The van der Waals surface area contributed by atoms with E-state index < -0.39 is 6.10 Å². The Morgan fingerprint density at radius 2 is 0.906 bits per heavy atom. The highest BCUT2D eigenvalue weighted by Gasteiger charge is 2.19. The Morgan fingerprint density at radius 3 is 1.28 bits per heavy atom. The van der Waals surface area contributed by atoms with Crippen molar-refractivity contribution in [3.63, 3.8) is 0 Å². The molecule has 0 saturated heterocycles. The molecule has 0 aromatic carbocycles. The van der Waals surface area contributed by atoms with Gasteiger partial charge in [-0.1, -0.05) is 136 Å². The van der Waals surface area contributed by atoms with E-state index in [1.54, 1.807) is 0 Å². The van der Waals surface area contributed by atoms with Crippen molar-refractivity contribution in [2.45, 2.75) is 168 Å². The zero-order valence-corrected chi connectivity index (χ0v) is 22.4. The molecule has 0 rings (SSSR count). The van der Waals surface area contributed by atoms with E-state index in [1.807, 2.05) is 0 Å². The van der Waals surface area contributed by atoms with Crippen LogP contribution < -0.4 is 0 Å². The SMILES string of the molecule is CCCCCCCCCCCCCC(=O)OC(CCCCCCCCCCCC)C(=O)S. The minimum atomic E-state index is -0.660. The lowest BCUT2D eigenvalue weighted by Crippen LogP contribution is -2.24. The van der Waals surface area contributed by atoms with Crippen molar-refractivity contribution in [3.05, 3.63) is 0 Å². The van der Waals surface area contributed by atoms with Gasteiger partial charge in [-0.15, -0.1) is 12.6 Å². The summed E-state index contributed by atoms with van der Waals surface area (Å²) in [6, 6.07) is 0. The Balaban J connectivity index is 3.60. The van der Waals surface area contributed by atoms with E-state index in [0.29, 0.717) is 12.8 Å². The van der Waals surface area contributed by atoms with E-state index >= 15 is 0 Å². The van der Waals surface area contributed by atoms with Crippen LogP contribution in [0.2, 0.25) is 0 Å². The van der Waals surface area contributed by atoms with Crippen LogP contribution >= 0.6 is 12.6 Å². The lowest BCUT2D eigenvalue weighted by atomic mass is 10.0. The summed E-state index contributed by atoms with van der Waals surface area (Å²) >= 11 is 3.93. The molecule has 1 unspecified atom stereocenters. The first-order valence-electron chi connectivity index (χ1n) is 14.0. The number of rotatable bonds is 25. The van der Waals surface area contributed by atoms with Crippen molar-refractivity contribution in [1.82, 2.24) is 0 Å². The van der Waals surface area contributed by atoms with E-state index in [9.17, 15) is 9.59 Å². The first-order chi connectivity index (χ1) is 15.6. The number of thiol groups is 1. The molecule has 0 fully saturated rings. The van der Waals surface area contributed by atoms with E-state index in [1.165, 1.54) is 109 Å². The van der Waals surface area contributed by atoms with Crippen LogP contribution in [-0.4, -0.2) is 17.2 Å². The number of carbonyl (C=O) groups is 2. The third-order valence-electron chi connectivity index (χ3n) is 6.35. The molecule has 4 heteroatoms. The highest BCUT2D eigenvalue weighted by molar-refractivity contribution is 7.96. The van der Waals surface area contributed by atoms with Crippen LogP contribution in [0.3, 0.4) is 0 Å². The Hall–Kier alpha value is -0.510. The second-order valence-corrected chi connectivity index (χ2v) is 10.0. The van der Waals surface area contributed by atoms with Crippen LogP contribution in [0, 0.1) is 0 Å². The molecule has 1 atom stereocenters. The number of hydrogen-bond acceptors (Lipinski definition) is 3. The van der Waals surface area contributed by atoms with Crippen LogP contribution in [0.5, 0.6) is 0 Å². The quantitative estimate of drug-likeness (QED) is 0.0820. The number of hydrogen-bond donors (Lipinski definition) is 1. The Kier molecular flexibility index (Phi) is 24.7. The number of esters is 1. The van der Waals surface area contributed by atoms with Crippen molar-refractivity contribution in [2.24, 2.45) is 0 Å².